The predicted octanol–water partition coefficient (Wildman–Crippen LogP) is 7.77. The zero-order chi connectivity index (χ0) is 25.2. The number of hydrogen-bond donors (Lipinski definition) is 1. The van der Waals surface area contributed by atoms with Crippen LogP contribution in [0.3, 0.4) is 0 Å². The molecule has 4 aromatic rings. The van der Waals surface area contributed by atoms with E-state index in [1.807, 2.05) is 108 Å². The molecule has 37 heavy (non-hydrogen) atoms. The molecule has 5 nitrogen and oxygen atoms in total. The second kappa shape index (κ2) is 9.83. The van der Waals surface area contributed by atoms with Crippen LogP contribution < -0.4 is 14.8 Å². The highest BCUT2D eigenvalue weighted by Gasteiger charge is 2.45. The number of nitrogens with zero attached hydrogens (tertiary/aromatic N) is 1. The van der Waals surface area contributed by atoms with E-state index in [9.17, 15) is 4.79 Å². The number of hydrogen-bond acceptors (Lipinski definition) is 3. The Hall–Kier alpha value is -3.96. The van der Waals surface area contributed by atoms with Crippen molar-refractivity contribution in [2.75, 3.05) is 11.9 Å². The summed E-state index contributed by atoms with van der Waals surface area (Å²) < 4.78 is 13.0. The molecule has 2 amide bonds. The van der Waals surface area contributed by atoms with Crippen molar-refractivity contribution in [1.29, 1.82) is 0 Å². The number of likely N-dealkylation sites (tertiary alicyclic amines) is 1. The lowest BCUT2D eigenvalue weighted by molar-refractivity contribution is -0.0458. The molecular weight excluding hydrogens is 484 g/mol. The predicted molar refractivity (Wildman–Crippen MR) is 145 cm³/mol. The number of fused-ring (bicyclic) bond motifs is 1. The maximum absolute atomic E-state index is 13.4. The van der Waals surface area contributed by atoms with Gasteiger partial charge in [0, 0.05) is 34.4 Å². The number of urea groups is 1. The summed E-state index contributed by atoms with van der Waals surface area (Å²) in [5.74, 6) is 0.112. The minimum absolute atomic E-state index is 0.0174. The molecule has 1 saturated heterocycles. The number of nitrogens with one attached hydrogen (secondary N) is 1. The SMILES string of the molecule is O=C(Nc1ccc2c(c1)OC(c1ccccc1)(c1ccccc1)O2)N1CCCCC1c1ccc(Cl)cc1. The standard InChI is InChI=1S/C31H27ClN2O3/c32-25-16-14-22(15-17-25)27-13-7-8-20-34(27)30(35)33-26-18-19-28-29(21-26)37-31(36-28,23-9-3-1-4-10-23)24-11-5-2-6-12-24/h1-6,9-12,14-19,21,27H,7-8,13,20H2,(H,33,35). The fraction of sp³-hybridized carbons (Fsp3) is 0.194. The minimum atomic E-state index is -1.10. The van der Waals surface area contributed by atoms with E-state index in [1.165, 1.54) is 0 Å². The number of anilines is 1. The van der Waals surface area contributed by atoms with Crippen molar-refractivity contribution < 1.29 is 14.3 Å². The molecular formula is C31H27ClN2O3. The van der Waals surface area contributed by atoms with Crippen molar-refractivity contribution in [1.82, 2.24) is 4.90 Å². The van der Waals surface area contributed by atoms with E-state index in [4.69, 9.17) is 21.1 Å². The van der Waals surface area contributed by atoms with Gasteiger partial charge in [-0.05, 0) is 49.1 Å². The van der Waals surface area contributed by atoms with Crippen LogP contribution in [-0.4, -0.2) is 17.5 Å². The average Bonchev–Trinajstić information content (AvgIpc) is 3.35. The van der Waals surface area contributed by atoms with Crippen LogP contribution in [0.15, 0.2) is 103 Å². The highest BCUT2D eigenvalue weighted by molar-refractivity contribution is 6.30. The summed E-state index contributed by atoms with van der Waals surface area (Å²) in [6, 6.07) is 33.0. The lowest BCUT2D eigenvalue weighted by Crippen LogP contribution is -2.41. The van der Waals surface area contributed by atoms with E-state index >= 15 is 0 Å². The van der Waals surface area contributed by atoms with Crippen LogP contribution in [-0.2, 0) is 5.79 Å². The number of carbonyl (C=O) groups is 1. The maximum Gasteiger partial charge on any atom is 0.322 e. The van der Waals surface area contributed by atoms with Crippen LogP contribution in [0.25, 0.3) is 0 Å². The molecule has 2 heterocycles. The number of carbonyl (C=O) groups excluding carboxylic acids is 1. The molecule has 4 aromatic carbocycles. The van der Waals surface area contributed by atoms with Crippen molar-refractivity contribution in [2.45, 2.75) is 31.1 Å². The van der Waals surface area contributed by atoms with Gasteiger partial charge in [0.15, 0.2) is 11.5 Å². The number of benzene rings is 4. The van der Waals surface area contributed by atoms with E-state index in [1.54, 1.807) is 0 Å². The third-order valence-electron chi connectivity index (χ3n) is 7.03. The zero-order valence-corrected chi connectivity index (χ0v) is 21.0. The number of halogens is 1. The normalized spacial score (nSPS) is 17.9. The maximum atomic E-state index is 13.4. The van der Waals surface area contributed by atoms with E-state index in [0.29, 0.717) is 28.8 Å². The van der Waals surface area contributed by atoms with Gasteiger partial charge in [0.25, 0.3) is 0 Å². The first-order valence-electron chi connectivity index (χ1n) is 12.6. The van der Waals surface area contributed by atoms with Gasteiger partial charge in [-0.25, -0.2) is 4.79 Å². The fourth-order valence-corrected chi connectivity index (χ4v) is 5.33. The van der Waals surface area contributed by atoms with Crippen molar-refractivity contribution in [3.63, 3.8) is 0 Å². The molecule has 1 N–H and O–H groups in total. The van der Waals surface area contributed by atoms with Crippen molar-refractivity contribution in [3.05, 3.63) is 125 Å². The van der Waals surface area contributed by atoms with Gasteiger partial charge < -0.3 is 19.7 Å². The molecule has 1 atom stereocenters. The first-order chi connectivity index (χ1) is 18.1. The highest BCUT2D eigenvalue weighted by Crippen LogP contribution is 2.48. The Morgan fingerprint density at radius 3 is 2.14 bits per heavy atom. The van der Waals surface area contributed by atoms with Gasteiger partial charge in [-0.1, -0.05) is 84.4 Å². The van der Waals surface area contributed by atoms with Crippen LogP contribution >= 0.6 is 11.6 Å². The molecule has 1 unspecified atom stereocenters. The van der Waals surface area contributed by atoms with Gasteiger partial charge in [0.05, 0.1) is 6.04 Å². The van der Waals surface area contributed by atoms with E-state index < -0.39 is 5.79 Å². The van der Waals surface area contributed by atoms with Crippen molar-refractivity contribution >= 4 is 23.3 Å². The number of rotatable bonds is 4. The minimum Gasteiger partial charge on any atom is -0.440 e. The lowest BCUT2D eigenvalue weighted by atomic mass is 9.95. The summed E-state index contributed by atoms with van der Waals surface area (Å²) >= 11 is 6.09. The average molecular weight is 511 g/mol. The van der Waals surface area contributed by atoms with E-state index in [0.717, 1.165) is 36.0 Å². The van der Waals surface area contributed by atoms with Crippen LogP contribution in [0, 0.1) is 0 Å². The summed E-state index contributed by atoms with van der Waals surface area (Å²) in [6.45, 7) is 0.703. The largest absolute Gasteiger partial charge is 0.440 e. The number of ether oxygens (including phenoxy) is 2. The van der Waals surface area contributed by atoms with Gasteiger partial charge in [-0.3, -0.25) is 0 Å². The summed E-state index contributed by atoms with van der Waals surface area (Å²) in [5, 5.41) is 3.78. The van der Waals surface area contributed by atoms with Gasteiger partial charge >= 0.3 is 11.8 Å². The lowest BCUT2D eigenvalue weighted by Gasteiger charge is -2.36. The Labute approximate surface area is 221 Å². The van der Waals surface area contributed by atoms with Crippen molar-refractivity contribution in [2.24, 2.45) is 0 Å². The molecule has 1 fully saturated rings. The van der Waals surface area contributed by atoms with Crippen LogP contribution in [0.1, 0.15) is 42.0 Å². The van der Waals surface area contributed by atoms with Crippen LogP contribution in [0.5, 0.6) is 11.5 Å². The monoisotopic (exact) mass is 510 g/mol. The molecule has 2 aliphatic rings. The molecule has 0 radical (unpaired) electrons. The highest BCUT2D eigenvalue weighted by atomic mass is 35.5. The summed E-state index contributed by atoms with van der Waals surface area (Å²) in [7, 11) is 0. The molecule has 6 rings (SSSR count). The third-order valence-corrected chi connectivity index (χ3v) is 7.28. The van der Waals surface area contributed by atoms with Gasteiger partial charge in [0.2, 0.25) is 0 Å². The smallest absolute Gasteiger partial charge is 0.322 e. The van der Waals surface area contributed by atoms with Gasteiger partial charge in [-0.2, -0.15) is 0 Å². The Balaban J connectivity index is 1.26. The third kappa shape index (κ3) is 4.51. The number of piperidine rings is 1. The fourth-order valence-electron chi connectivity index (χ4n) is 5.20. The molecule has 186 valence electrons. The summed E-state index contributed by atoms with van der Waals surface area (Å²) in [4.78, 5) is 15.3. The van der Waals surface area contributed by atoms with E-state index in [-0.39, 0.29) is 12.1 Å². The Kier molecular flexibility index (Phi) is 6.23. The topological polar surface area (TPSA) is 50.8 Å². The Bertz CT molecular complexity index is 1350. The molecule has 0 saturated carbocycles. The van der Waals surface area contributed by atoms with Gasteiger partial charge in [-0.15, -0.1) is 0 Å². The molecule has 2 aliphatic heterocycles. The van der Waals surface area contributed by atoms with Crippen LogP contribution in [0.2, 0.25) is 5.02 Å². The summed E-state index contributed by atoms with van der Waals surface area (Å²) in [6.07, 6.45) is 2.99. The Morgan fingerprint density at radius 2 is 1.46 bits per heavy atom. The summed E-state index contributed by atoms with van der Waals surface area (Å²) in [5.41, 5.74) is 3.54. The molecule has 0 bridgehead atoms. The Morgan fingerprint density at radius 1 is 0.811 bits per heavy atom. The second-order valence-electron chi connectivity index (χ2n) is 9.40. The first-order valence-corrected chi connectivity index (χ1v) is 13.0. The molecule has 0 spiro atoms. The van der Waals surface area contributed by atoms with Crippen LogP contribution in [0.4, 0.5) is 10.5 Å². The van der Waals surface area contributed by atoms with E-state index in [2.05, 4.69) is 5.32 Å². The zero-order valence-electron chi connectivity index (χ0n) is 20.3. The second-order valence-corrected chi connectivity index (χ2v) is 9.84. The van der Waals surface area contributed by atoms with Crippen molar-refractivity contribution in [3.8, 4) is 11.5 Å². The quantitative estimate of drug-likeness (QED) is 0.305. The molecule has 0 aliphatic carbocycles. The molecule has 6 heteroatoms. The van der Waals surface area contributed by atoms with Gasteiger partial charge in [0.1, 0.15) is 0 Å². The number of amides is 2. The molecule has 0 aromatic heterocycles. The first kappa shape index (κ1) is 23.4.